The molecule has 0 aromatic heterocycles. The summed E-state index contributed by atoms with van der Waals surface area (Å²) in [6.07, 6.45) is 1.58. The van der Waals surface area contributed by atoms with Crippen molar-refractivity contribution in [2.24, 2.45) is 10.3 Å². The van der Waals surface area contributed by atoms with Crippen LogP contribution in [-0.4, -0.2) is 31.3 Å². The van der Waals surface area contributed by atoms with Crippen molar-refractivity contribution in [2.45, 2.75) is 0 Å². The zero-order valence-corrected chi connectivity index (χ0v) is 6.07. The minimum absolute atomic E-state index is 1.53. The Balaban J connectivity index is 3.82. The Bertz CT molecular complexity index is 108. The molecular weight excluding hydrogens is 116 g/mol. The maximum atomic E-state index is 3.71. The highest BCUT2D eigenvalue weighted by Crippen LogP contribution is 1.91. The van der Waals surface area contributed by atoms with E-state index in [0.717, 1.165) is 0 Å². The Hall–Kier alpha value is -0.900. The van der Waals surface area contributed by atoms with Gasteiger partial charge in [-0.2, -0.15) is 10.2 Å². The average Bonchev–Trinajstić information content (AvgIpc) is 1.82. The van der Waals surface area contributed by atoms with Gasteiger partial charge in [0, 0.05) is 20.3 Å². The number of hydrazine groups is 1. The summed E-state index contributed by atoms with van der Waals surface area (Å²) in [5.74, 6) is 0. The molecular formula is C5H12N4. The summed E-state index contributed by atoms with van der Waals surface area (Å²) in [6.45, 7) is 3.53. The third-order valence-corrected chi connectivity index (χ3v) is 0.754. The first-order valence-electron chi connectivity index (χ1n) is 2.61. The van der Waals surface area contributed by atoms with Gasteiger partial charge in [-0.25, -0.2) is 5.01 Å². The Morgan fingerprint density at radius 2 is 2.00 bits per heavy atom. The first-order valence-corrected chi connectivity index (χ1v) is 2.61. The van der Waals surface area contributed by atoms with E-state index in [1.165, 1.54) is 5.12 Å². The summed E-state index contributed by atoms with van der Waals surface area (Å²) in [7, 11) is 5.33. The van der Waals surface area contributed by atoms with Gasteiger partial charge in [-0.3, -0.25) is 0 Å². The van der Waals surface area contributed by atoms with Crippen LogP contribution in [0.15, 0.2) is 23.1 Å². The van der Waals surface area contributed by atoms with Crippen molar-refractivity contribution in [1.82, 2.24) is 10.1 Å². The summed E-state index contributed by atoms with van der Waals surface area (Å²) in [6, 6.07) is 0. The molecule has 0 saturated carbocycles. The SMILES string of the molecule is C=CN(N=NC)N(C)C. The van der Waals surface area contributed by atoms with Crippen LogP contribution in [0.5, 0.6) is 0 Å². The quantitative estimate of drug-likeness (QED) is 0.418. The molecule has 9 heavy (non-hydrogen) atoms. The second kappa shape index (κ2) is 4.03. The van der Waals surface area contributed by atoms with Crippen LogP contribution in [0, 0.1) is 0 Å². The van der Waals surface area contributed by atoms with Gasteiger partial charge in [0.25, 0.3) is 0 Å². The van der Waals surface area contributed by atoms with Crippen LogP contribution in [0.2, 0.25) is 0 Å². The van der Waals surface area contributed by atoms with Crippen LogP contribution in [0.4, 0.5) is 0 Å². The van der Waals surface area contributed by atoms with Crippen LogP contribution in [0.25, 0.3) is 0 Å². The highest BCUT2D eigenvalue weighted by Gasteiger charge is 1.94. The zero-order valence-electron chi connectivity index (χ0n) is 6.07. The van der Waals surface area contributed by atoms with E-state index in [1.54, 1.807) is 18.3 Å². The van der Waals surface area contributed by atoms with Crippen LogP contribution in [0.3, 0.4) is 0 Å². The molecule has 0 rings (SSSR count). The summed E-state index contributed by atoms with van der Waals surface area (Å²) in [4.78, 5) is 0. The topological polar surface area (TPSA) is 31.2 Å². The molecule has 0 saturated heterocycles. The van der Waals surface area contributed by atoms with Gasteiger partial charge in [-0.05, 0) is 0 Å². The van der Waals surface area contributed by atoms with Gasteiger partial charge < -0.3 is 0 Å². The highest BCUT2D eigenvalue weighted by atomic mass is 15.8. The van der Waals surface area contributed by atoms with Crippen molar-refractivity contribution in [3.63, 3.8) is 0 Å². The van der Waals surface area contributed by atoms with E-state index >= 15 is 0 Å². The number of rotatable bonds is 3. The van der Waals surface area contributed by atoms with E-state index in [-0.39, 0.29) is 0 Å². The maximum absolute atomic E-state index is 3.71. The molecule has 0 aliphatic carbocycles. The molecule has 0 aromatic carbocycles. The van der Waals surface area contributed by atoms with Gasteiger partial charge in [-0.1, -0.05) is 11.8 Å². The molecule has 0 unspecified atom stereocenters. The molecule has 0 N–H and O–H groups in total. The van der Waals surface area contributed by atoms with Crippen molar-refractivity contribution in [3.05, 3.63) is 12.8 Å². The lowest BCUT2D eigenvalue weighted by molar-refractivity contribution is 0.0764. The van der Waals surface area contributed by atoms with Gasteiger partial charge in [0.2, 0.25) is 0 Å². The molecule has 0 bridgehead atoms. The third-order valence-electron chi connectivity index (χ3n) is 0.754. The Morgan fingerprint density at radius 3 is 2.11 bits per heavy atom. The van der Waals surface area contributed by atoms with Crippen LogP contribution < -0.4 is 0 Å². The molecule has 0 amide bonds. The maximum Gasteiger partial charge on any atom is 0.0509 e. The molecule has 0 fully saturated rings. The average molecular weight is 128 g/mol. The second-order valence-corrected chi connectivity index (χ2v) is 1.64. The molecule has 0 aliphatic heterocycles. The van der Waals surface area contributed by atoms with Crippen molar-refractivity contribution < 1.29 is 0 Å². The monoisotopic (exact) mass is 128 g/mol. The fraction of sp³-hybridized carbons (Fsp3) is 0.600. The largest absolute Gasteiger partial charge is 0.205 e. The van der Waals surface area contributed by atoms with E-state index in [2.05, 4.69) is 16.9 Å². The summed E-state index contributed by atoms with van der Waals surface area (Å²) in [5, 5.41) is 10.6. The first-order chi connectivity index (χ1) is 4.22. The minimum Gasteiger partial charge on any atom is -0.205 e. The van der Waals surface area contributed by atoms with Crippen molar-refractivity contribution in [2.75, 3.05) is 21.1 Å². The predicted octanol–water partition coefficient (Wildman–Crippen LogP) is 0.906. The molecule has 4 heteroatoms. The van der Waals surface area contributed by atoms with Gasteiger partial charge in [0.15, 0.2) is 0 Å². The predicted molar refractivity (Wildman–Crippen MR) is 36.5 cm³/mol. The number of hydrogen-bond acceptors (Lipinski definition) is 3. The van der Waals surface area contributed by atoms with Gasteiger partial charge >= 0.3 is 0 Å². The second-order valence-electron chi connectivity index (χ2n) is 1.64. The molecule has 0 aliphatic rings. The lowest BCUT2D eigenvalue weighted by atomic mass is 11.0. The fourth-order valence-corrected chi connectivity index (χ4v) is 0.371. The van der Waals surface area contributed by atoms with Gasteiger partial charge in [0.05, 0.1) is 7.05 Å². The smallest absolute Gasteiger partial charge is 0.0509 e. The fourth-order valence-electron chi connectivity index (χ4n) is 0.371. The standard InChI is InChI=1S/C5H12N4/c1-5-9(7-6-2)8(3)4/h5H,1H2,2-4H3. The molecule has 0 atom stereocenters. The zero-order chi connectivity index (χ0) is 7.28. The molecule has 4 nitrogen and oxygen atoms in total. The van der Waals surface area contributed by atoms with E-state index in [9.17, 15) is 0 Å². The summed E-state index contributed by atoms with van der Waals surface area (Å²) >= 11 is 0. The highest BCUT2D eigenvalue weighted by molar-refractivity contribution is 4.60. The molecule has 0 spiro atoms. The van der Waals surface area contributed by atoms with Gasteiger partial charge in [-0.15, -0.1) is 0 Å². The molecule has 0 aromatic rings. The molecule has 52 valence electrons. The van der Waals surface area contributed by atoms with Crippen molar-refractivity contribution in [3.8, 4) is 0 Å². The third kappa shape index (κ3) is 2.81. The van der Waals surface area contributed by atoms with Crippen LogP contribution in [-0.2, 0) is 0 Å². The summed E-state index contributed by atoms with van der Waals surface area (Å²) in [5.41, 5.74) is 0. The van der Waals surface area contributed by atoms with Crippen molar-refractivity contribution >= 4 is 0 Å². The Kier molecular flexibility index (Phi) is 3.62. The summed E-state index contributed by atoms with van der Waals surface area (Å²) < 4.78 is 0. The lowest BCUT2D eigenvalue weighted by Crippen LogP contribution is -2.26. The Morgan fingerprint density at radius 1 is 1.44 bits per heavy atom. The Labute approximate surface area is 55.4 Å². The normalized spacial score (nSPS) is 10.7. The minimum atomic E-state index is 1.53. The van der Waals surface area contributed by atoms with E-state index < -0.39 is 0 Å². The van der Waals surface area contributed by atoms with Crippen molar-refractivity contribution in [1.29, 1.82) is 0 Å². The first kappa shape index (κ1) is 8.10. The lowest BCUT2D eigenvalue weighted by Gasteiger charge is -2.18. The number of hydrogen-bond donors (Lipinski definition) is 0. The molecule has 0 heterocycles. The van der Waals surface area contributed by atoms with E-state index in [4.69, 9.17) is 0 Å². The number of nitrogens with zero attached hydrogens (tertiary/aromatic N) is 4. The van der Waals surface area contributed by atoms with E-state index in [0.29, 0.717) is 0 Å². The van der Waals surface area contributed by atoms with Gasteiger partial charge in [0.1, 0.15) is 0 Å². The van der Waals surface area contributed by atoms with Crippen LogP contribution >= 0.6 is 0 Å². The molecule has 0 radical (unpaired) electrons. The van der Waals surface area contributed by atoms with Crippen LogP contribution in [0.1, 0.15) is 0 Å². The van der Waals surface area contributed by atoms with E-state index in [1.807, 2.05) is 14.1 Å².